The molecule has 5 rings (SSSR count). The van der Waals surface area contributed by atoms with Gasteiger partial charge in [-0.1, -0.05) is 48.6 Å². The zero-order chi connectivity index (χ0) is 19.1. The average Bonchev–Trinajstić information content (AvgIpc) is 2.70. The van der Waals surface area contributed by atoms with Crippen molar-refractivity contribution in [2.75, 3.05) is 0 Å². The van der Waals surface area contributed by atoms with Gasteiger partial charge in [0.05, 0.1) is 0 Å². The predicted octanol–water partition coefficient (Wildman–Crippen LogP) is 7.76. The highest BCUT2D eigenvalue weighted by molar-refractivity contribution is 6.08. The number of rotatable bonds is 4. The zero-order valence-electron chi connectivity index (χ0n) is 15.9. The summed E-state index contributed by atoms with van der Waals surface area (Å²) in [6.07, 6.45) is 5.74. The molecule has 134 valence electrons. The van der Waals surface area contributed by atoms with Crippen LogP contribution >= 0.6 is 0 Å². The maximum absolute atomic E-state index is 3.92. The Morgan fingerprint density at radius 3 is 1.14 bits per heavy atom. The second-order valence-corrected chi connectivity index (χ2v) is 7.55. The molecule has 0 heterocycles. The first-order valence-corrected chi connectivity index (χ1v) is 9.79. The second-order valence-electron chi connectivity index (χ2n) is 7.55. The summed E-state index contributed by atoms with van der Waals surface area (Å²) in [5.74, 6) is 0. The Kier molecular flexibility index (Phi) is 3.98. The molecular weight excluding hydrogens is 336 g/mol. The van der Waals surface area contributed by atoms with Crippen LogP contribution in [0, 0.1) is 0 Å². The summed E-state index contributed by atoms with van der Waals surface area (Å²) in [5, 5.41) is 10.3. The molecule has 0 N–H and O–H groups in total. The van der Waals surface area contributed by atoms with Gasteiger partial charge in [0.1, 0.15) is 0 Å². The van der Waals surface area contributed by atoms with Gasteiger partial charge in [-0.15, -0.1) is 13.2 Å². The highest BCUT2D eigenvalue weighted by Gasteiger charge is 2.07. The molecule has 0 aromatic heterocycles. The smallest absolute Gasteiger partial charge is 0.00971 e. The van der Waals surface area contributed by atoms with Crippen molar-refractivity contribution in [1.29, 1.82) is 0 Å². The van der Waals surface area contributed by atoms with Crippen molar-refractivity contribution in [3.05, 3.63) is 109 Å². The predicted molar refractivity (Wildman–Crippen MR) is 124 cm³/mol. The SMILES string of the molecule is C=CCc1cc2cc3cc4cc5ccccc5cc4cc3cc2cc1CC=C. The maximum atomic E-state index is 3.92. The normalized spacial score (nSPS) is 11.4. The van der Waals surface area contributed by atoms with E-state index in [2.05, 4.69) is 86.0 Å². The van der Waals surface area contributed by atoms with Gasteiger partial charge < -0.3 is 0 Å². The second kappa shape index (κ2) is 6.65. The zero-order valence-corrected chi connectivity index (χ0v) is 15.9. The molecule has 5 aromatic carbocycles. The van der Waals surface area contributed by atoms with Gasteiger partial charge in [-0.3, -0.25) is 0 Å². The number of hydrogen-bond acceptors (Lipinski definition) is 0. The molecule has 0 aliphatic rings. The van der Waals surface area contributed by atoms with E-state index in [1.54, 1.807) is 0 Å². The third-order valence-electron chi connectivity index (χ3n) is 5.66. The summed E-state index contributed by atoms with van der Waals surface area (Å²) in [7, 11) is 0. The summed E-state index contributed by atoms with van der Waals surface area (Å²) in [6, 6.07) is 27.1. The van der Waals surface area contributed by atoms with Gasteiger partial charge in [0, 0.05) is 0 Å². The molecule has 0 saturated carbocycles. The number of benzene rings is 5. The van der Waals surface area contributed by atoms with Gasteiger partial charge in [-0.05, 0) is 103 Å². The van der Waals surface area contributed by atoms with Crippen LogP contribution in [0.4, 0.5) is 0 Å². The minimum Gasteiger partial charge on any atom is -0.103 e. The Balaban J connectivity index is 1.79. The van der Waals surface area contributed by atoms with Crippen molar-refractivity contribution in [2.24, 2.45) is 0 Å². The summed E-state index contributed by atoms with van der Waals surface area (Å²) < 4.78 is 0. The van der Waals surface area contributed by atoms with Crippen LogP contribution in [0.3, 0.4) is 0 Å². The molecule has 0 aliphatic carbocycles. The van der Waals surface area contributed by atoms with Gasteiger partial charge in [0.15, 0.2) is 0 Å². The van der Waals surface area contributed by atoms with E-state index in [0.717, 1.165) is 12.8 Å². The number of fused-ring (bicyclic) bond motifs is 4. The lowest BCUT2D eigenvalue weighted by atomic mass is 9.93. The van der Waals surface area contributed by atoms with Gasteiger partial charge in [0.25, 0.3) is 0 Å². The fourth-order valence-corrected chi connectivity index (χ4v) is 4.28. The van der Waals surface area contributed by atoms with E-state index < -0.39 is 0 Å². The quantitative estimate of drug-likeness (QED) is 0.227. The minimum atomic E-state index is 0.890. The van der Waals surface area contributed by atoms with Crippen LogP contribution in [0.2, 0.25) is 0 Å². The van der Waals surface area contributed by atoms with E-state index >= 15 is 0 Å². The topological polar surface area (TPSA) is 0 Å². The van der Waals surface area contributed by atoms with Crippen molar-refractivity contribution >= 4 is 43.1 Å². The van der Waals surface area contributed by atoms with Gasteiger partial charge in [-0.2, -0.15) is 0 Å². The lowest BCUT2D eigenvalue weighted by molar-refractivity contribution is 1.17. The van der Waals surface area contributed by atoms with E-state index in [1.165, 1.54) is 54.2 Å². The minimum absolute atomic E-state index is 0.890. The largest absolute Gasteiger partial charge is 0.103 e. The molecule has 0 nitrogen and oxygen atoms in total. The molecule has 28 heavy (non-hydrogen) atoms. The number of hydrogen-bond donors (Lipinski definition) is 0. The lowest BCUT2D eigenvalue weighted by Crippen LogP contribution is -1.92. The lowest BCUT2D eigenvalue weighted by Gasteiger charge is -2.11. The van der Waals surface area contributed by atoms with Crippen LogP contribution in [-0.4, -0.2) is 0 Å². The third kappa shape index (κ3) is 2.78. The first kappa shape index (κ1) is 16.8. The van der Waals surface area contributed by atoms with Crippen molar-refractivity contribution in [3.63, 3.8) is 0 Å². The van der Waals surface area contributed by atoms with Crippen LogP contribution in [0.1, 0.15) is 11.1 Å². The Hall–Kier alpha value is -3.38. The fraction of sp³-hybridized carbons (Fsp3) is 0.0714. The molecule has 0 aliphatic heterocycles. The highest BCUT2D eigenvalue weighted by atomic mass is 14.1. The standard InChI is InChI=1S/C28H22/c1-3-7-19-11-23-15-27-17-25-13-21-9-5-6-10-22(21)14-26(25)18-28(27)16-24(23)12-20(19)8-4-2/h3-6,9-18H,1-2,7-8H2. The monoisotopic (exact) mass is 358 g/mol. The highest BCUT2D eigenvalue weighted by Crippen LogP contribution is 2.31. The van der Waals surface area contributed by atoms with Crippen molar-refractivity contribution < 1.29 is 0 Å². The van der Waals surface area contributed by atoms with Crippen LogP contribution < -0.4 is 0 Å². The van der Waals surface area contributed by atoms with E-state index in [-0.39, 0.29) is 0 Å². The summed E-state index contributed by atoms with van der Waals surface area (Å²) >= 11 is 0. The first-order chi connectivity index (χ1) is 13.7. The van der Waals surface area contributed by atoms with Crippen LogP contribution in [0.5, 0.6) is 0 Å². The molecule has 0 unspecified atom stereocenters. The summed E-state index contributed by atoms with van der Waals surface area (Å²) in [5.41, 5.74) is 2.68. The molecule has 0 atom stereocenters. The molecule has 0 bridgehead atoms. The molecule has 0 radical (unpaired) electrons. The molecule has 0 saturated heterocycles. The van der Waals surface area contributed by atoms with Gasteiger partial charge in [0.2, 0.25) is 0 Å². The van der Waals surface area contributed by atoms with E-state index in [0.29, 0.717) is 0 Å². The van der Waals surface area contributed by atoms with Crippen molar-refractivity contribution in [3.8, 4) is 0 Å². The van der Waals surface area contributed by atoms with E-state index in [1.807, 2.05) is 12.2 Å². The maximum Gasteiger partial charge on any atom is -0.00971 e. The Morgan fingerprint density at radius 1 is 0.464 bits per heavy atom. The molecular formula is C28H22. The fourth-order valence-electron chi connectivity index (χ4n) is 4.28. The van der Waals surface area contributed by atoms with Crippen molar-refractivity contribution in [1.82, 2.24) is 0 Å². The molecule has 0 amide bonds. The Morgan fingerprint density at radius 2 is 0.786 bits per heavy atom. The Labute approximate surface area is 165 Å². The number of allylic oxidation sites excluding steroid dienone is 2. The van der Waals surface area contributed by atoms with Crippen molar-refractivity contribution in [2.45, 2.75) is 12.8 Å². The molecule has 0 heteroatoms. The van der Waals surface area contributed by atoms with Crippen LogP contribution in [0.15, 0.2) is 98.1 Å². The van der Waals surface area contributed by atoms with Crippen LogP contribution in [0.25, 0.3) is 43.1 Å². The Bertz CT molecular complexity index is 1280. The van der Waals surface area contributed by atoms with Gasteiger partial charge >= 0.3 is 0 Å². The van der Waals surface area contributed by atoms with Crippen LogP contribution in [-0.2, 0) is 12.8 Å². The summed E-state index contributed by atoms with van der Waals surface area (Å²) in [4.78, 5) is 0. The average molecular weight is 358 g/mol. The molecule has 0 fully saturated rings. The van der Waals surface area contributed by atoms with E-state index in [9.17, 15) is 0 Å². The molecule has 5 aromatic rings. The molecule has 0 spiro atoms. The third-order valence-corrected chi connectivity index (χ3v) is 5.66. The van der Waals surface area contributed by atoms with E-state index in [4.69, 9.17) is 0 Å². The summed E-state index contributed by atoms with van der Waals surface area (Å²) in [6.45, 7) is 7.84. The first-order valence-electron chi connectivity index (χ1n) is 9.79. The van der Waals surface area contributed by atoms with Gasteiger partial charge in [-0.25, -0.2) is 0 Å².